The van der Waals surface area contributed by atoms with Crippen molar-refractivity contribution in [1.29, 1.82) is 0 Å². The third-order valence-corrected chi connectivity index (χ3v) is 4.92. The number of hydrogen-bond donors (Lipinski definition) is 0. The van der Waals surface area contributed by atoms with Gasteiger partial charge in [-0.1, -0.05) is 96.1 Å². The van der Waals surface area contributed by atoms with Gasteiger partial charge in [0, 0.05) is 12.5 Å². The Bertz CT molecular complexity index is 1510. The van der Waals surface area contributed by atoms with Crippen LogP contribution in [0, 0.1) is 0 Å². The second-order valence-electron chi connectivity index (χ2n) is 7.89. The van der Waals surface area contributed by atoms with E-state index < -0.39 is 20.2 Å². The first-order chi connectivity index (χ1) is 16.4. The molecule has 0 aliphatic carbocycles. The van der Waals surface area contributed by atoms with Gasteiger partial charge in [0.15, 0.2) is 0 Å². The van der Waals surface area contributed by atoms with E-state index in [0.717, 1.165) is 0 Å². The van der Waals surface area contributed by atoms with Crippen molar-refractivity contribution in [2.45, 2.75) is 0 Å². The Morgan fingerprint density at radius 2 is 0.833 bits per heavy atom. The van der Waals surface area contributed by atoms with Crippen molar-refractivity contribution in [3.8, 4) is 22.3 Å². The van der Waals surface area contributed by atoms with Gasteiger partial charge in [-0.15, -0.1) is 39.7 Å². The Morgan fingerprint density at radius 1 is 0.528 bits per heavy atom. The van der Waals surface area contributed by atoms with Gasteiger partial charge in [-0.2, -0.15) is 0 Å². The van der Waals surface area contributed by atoms with Crippen molar-refractivity contribution in [2.24, 2.45) is 0 Å². The Balaban J connectivity index is 0.000000357. The van der Waals surface area contributed by atoms with Gasteiger partial charge in [0.1, 0.15) is 0 Å². The minimum absolute atomic E-state index is 0. The number of hydrogen-bond acceptors (Lipinski definition) is 6. The first-order valence-corrected chi connectivity index (χ1v) is 14.1. The Hall–Kier alpha value is -2.55. The molecule has 5 rings (SSSR count). The summed E-state index contributed by atoms with van der Waals surface area (Å²) in [5.41, 5.74) is 5.07. The van der Waals surface area contributed by atoms with E-state index in [1.54, 1.807) is 0 Å². The molecule has 0 fully saturated rings. The molecule has 0 amide bonds. The maximum Gasteiger partial charge on any atom is 3.00 e. The van der Waals surface area contributed by atoms with E-state index in [2.05, 4.69) is 103 Å². The van der Waals surface area contributed by atoms with E-state index in [1.165, 1.54) is 43.8 Å². The van der Waals surface area contributed by atoms with Crippen molar-refractivity contribution in [3.05, 3.63) is 103 Å². The molecule has 5 aromatic carbocycles. The fourth-order valence-corrected chi connectivity index (χ4v) is 3.64. The van der Waals surface area contributed by atoms with Crippen LogP contribution in [0.25, 0.3) is 43.8 Å². The normalized spacial score (nSPS) is 11.0. The largest absolute Gasteiger partial charge is 3.00 e. The Kier molecular flexibility index (Phi) is 10.4. The molecule has 0 atom stereocenters. The Morgan fingerprint density at radius 3 is 1.14 bits per heavy atom. The van der Waals surface area contributed by atoms with E-state index >= 15 is 0 Å². The quantitative estimate of drug-likeness (QED) is 0.199. The third-order valence-electron chi connectivity index (χ3n) is 4.92. The zero-order valence-corrected chi connectivity index (χ0v) is 23.7. The minimum Gasteiger partial charge on any atom is -0.748 e. The van der Waals surface area contributed by atoms with E-state index in [-0.39, 0.29) is 26.2 Å². The van der Waals surface area contributed by atoms with Crippen molar-refractivity contribution in [2.75, 3.05) is 12.5 Å². The summed E-state index contributed by atoms with van der Waals surface area (Å²) in [6.45, 7) is 0. The van der Waals surface area contributed by atoms with Crippen LogP contribution in [0.2, 0.25) is 0 Å². The topological polar surface area (TPSA) is 114 Å². The molecule has 1 radical (unpaired) electrons. The molecule has 9 heteroatoms. The Labute approximate surface area is 230 Å². The van der Waals surface area contributed by atoms with E-state index in [0.29, 0.717) is 12.5 Å². The van der Waals surface area contributed by atoms with Crippen LogP contribution in [-0.2, 0) is 46.4 Å². The molecule has 0 unspecified atom stereocenters. The summed E-state index contributed by atoms with van der Waals surface area (Å²) in [6, 6.07) is 37.0. The van der Waals surface area contributed by atoms with Crippen LogP contribution in [0.5, 0.6) is 0 Å². The van der Waals surface area contributed by atoms with Crippen LogP contribution in [0.4, 0.5) is 0 Å². The van der Waals surface area contributed by atoms with Gasteiger partial charge >= 0.3 is 26.2 Å². The summed E-state index contributed by atoms with van der Waals surface area (Å²) in [6.07, 6.45) is 1.21. The number of fused-ring (bicyclic) bond motifs is 3. The fraction of sp³-hybridized carbons (Fsp3) is 0.0741. The van der Waals surface area contributed by atoms with Crippen LogP contribution in [0.3, 0.4) is 0 Å². The number of rotatable bonds is 2. The number of benzene rings is 4. The molecule has 0 aliphatic heterocycles. The van der Waals surface area contributed by atoms with Crippen molar-refractivity contribution >= 4 is 41.8 Å². The van der Waals surface area contributed by atoms with Crippen LogP contribution >= 0.6 is 0 Å². The average molecular weight is 599 g/mol. The van der Waals surface area contributed by atoms with Crippen LogP contribution < -0.4 is 0 Å². The predicted octanol–water partition coefficient (Wildman–Crippen LogP) is 5.37. The average Bonchev–Trinajstić information content (AvgIpc) is 3.15. The standard InChI is InChI=1S/C25H17.2CH4O3S.Zr/c1-3-7-18(8-4-1)20-11-13-24-22(15-20)17-23-16-21(12-14-25(23)24)19-9-5-2-6-10-19;2*1-5(2,3)4;/h1-17H;2*1H3,(H,2,3,4);/q-1;;;+3/p-2. The third kappa shape index (κ3) is 9.49. The van der Waals surface area contributed by atoms with Crippen molar-refractivity contribution in [3.63, 3.8) is 0 Å². The second-order valence-corrected chi connectivity index (χ2v) is 10.7. The molecule has 5 aromatic rings. The SMILES string of the molecule is CS(=O)(=O)[O-].CS(=O)(=O)[O-].[Zr+3].c1ccc(-c2ccc3c(c2)[cH-]c2cc(-c4ccccc4)ccc23)cc1. The molecule has 0 spiro atoms. The summed E-state index contributed by atoms with van der Waals surface area (Å²) in [5, 5.41) is 5.27. The molecule has 0 aromatic heterocycles. The second kappa shape index (κ2) is 12.6. The maximum atomic E-state index is 9.08. The molecule has 0 saturated carbocycles. The fourth-order valence-electron chi connectivity index (χ4n) is 3.64. The summed E-state index contributed by atoms with van der Waals surface area (Å²) in [7, 11) is -7.83. The molecule has 36 heavy (non-hydrogen) atoms. The zero-order chi connectivity index (χ0) is 25.6. The molecule has 0 heterocycles. The van der Waals surface area contributed by atoms with Crippen LogP contribution in [0.1, 0.15) is 0 Å². The first-order valence-electron chi connectivity index (χ1n) is 10.4. The minimum atomic E-state index is -3.92. The van der Waals surface area contributed by atoms with Gasteiger partial charge in [0.2, 0.25) is 0 Å². The van der Waals surface area contributed by atoms with Gasteiger partial charge in [-0.05, 0) is 11.1 Å². The molecule has 6 nitrogen and oxygen atoms in total. The zero-order valence-electron chi connectivity index (χ0n) is 19.6. The molecule has 183 valence electrons. The van der Waals surface area contributed by atoms with E-state index in [9.17, 15) is 0 Å². The van der Waals surface area contributed by atoms with Gasteiger partial charge < -0.3 is 9.11 Å². The summed E-state index contributed by atoms with van der Waals surface area (Å²) in [4.78, 5) is 0. The van der Waals surface area contributed by atoms with Crippen molar-refractivity contribution < 1.29 is 52.1 Å². The van der Waals surface area contributed by atoms with Crippen LogP contribution in [0.15, 0.2) is 103 Å². The molecule has 0 saturated heterocycles. The van der Waals surface area contributed by atoms with Gasteiger partial charge in [0.05, 0.1) is 20.2 Å². The molecular weight excluding hydrogens is 576 g/mol. The summed E-state index contributed by atoms with van der Waals surface area (Å²) < 4.78 is 54.5. The molecule has 0 bridgehead atoms. The van der Waals surface area contributed by atoms with Gasteiger partial charge in [-0.3, -0.25) is 0 Å². The van der Waals surface area contributed by atoms with Crippen molar-refractivity contribution in [1.82, 2.24) is 0 Å². The molecule has 0 N–H and O–H groups in total. The first kappa shape index (κ1) is 29.7. The maximum absolute atomic E-state index is 9.08. The van der Waals surface area contributed by atoms with Crippen LogP contribution in [-0.4, -0.2) is 38.5 Å². The summed E-state index contributed by atoms with van der Waals surface area (Å²) >= 11 is 0. The summed E-state index contributed by atoms with van der Waals surface area (Å²) in [5.74, 6) is 0. The predicted molar refractivity (Wildman–Crippen MR) is 139 cm³/mol. The van der Waals surface area contributed by atoms with Gasteiger partial charge in [-0.25, -0.2) is 16.8 Å². The van der Waals surface area contributed by atoms with E-state index in [1.807, 2.05) is 0 Å². The molecule has 0 aliphatic rings. The van der Waals surface area contributed by atoms with Gasteiger partial charge in [0.25, 0.3) is 0 Å². The monoisotopic (exact) mass is 597 g/mol. The molecular formula is C27H23O6S2Zr. The van der Waals surface area contributed by atoms with E-state index in [4.69, 9.17) is 25.9 Å². The smallest absolute Gasteiger partial charge is 0.748 e.